The molecule has 0 aliphatic carbocycles. The fraction of sp³-hybridized carbons (Fsp3) is 0.0714. The zero-order chi connectivity index (χ0) is 13.3. The Morgan fingerprint density at radius 2 is 1.61 bits per heavy atom. The first kappa shape index (κ1) is 12.2. The van der Waals surface area contributed by atoms with Crippen LogP contribution in [0.5, 0.6) is 0 Å². The summed E-state index contributed by atoms with van der Waals surface area (Å²) in [6.07, 6.45) is 0. The lowest BCUT2D eigenvalue weighted by molar-refractivity contribution is 0.103. The number of benzene rings is 2. The minimum Gasteiger partial charge on any atom is -0.399 e. The van der Waals surface area contributed by atoms with Gasteiger partial charge in [0.05, 0.1) is 0 Å². The van der Waals surface area contributed by atoms with E-state index in [1.807, 2.05) is 0 Å². The summed E-state index contributed by atoms with van der Waals surface area (Å²) in [6.45, 7) is 1.78. The lowest BCUT2D eigenvalue weighted by atomic mass is 10.0. The lowest BCUT2D eigenvalue weighted by Gasteiger charge is -2.05. The van der Waals surface area contributed by atoms with Crippen molar-refractivity contribution >= 4 is 11.5 Å². The van der Waals surface area contributed by atoms with Crippen LogP contribution in [-0.4, -0.2) is 5.78 Å². The number of nitrogens with two attached hydrogens (primary N) is 1. The number of carbonyl (C=O) groups is 1. The molecule has 2 rings (SSSR count). The van der Waals surface area contributed by atoms with Crippen molar-refractivity contribution in [1.29, 1.82) is 0 Å². The van der Waals surface area contributed by atoms with E-state index in [0.717, 1.165) is 17.7 Å². The van der Waals surface area contributed by atoms with Crippen molar-refractivity contribution in [1.82, 2.24) is 0 Å². The maximum absolute atomic E-state index is 13.1. The van der Waals surface area contributed by atoms with Crippen molar-refractivity contribution in [3.8, 4) is 0 Å². The Balaban J connectivity index is 2.41. The molecule has 2 nitrogen and oxygen atoms in total. The molecule has 2 N–H and O–H groups in total. The number of carbonyl (C=O) groups excluding carboxylic acids is 1. The topological polar surface area (TPSA) is 43.1 Å². The molecule has 0 unspecified atom stereocenters. The van der Waals surface area contributed by atoms with E-state index in [0.29, 0.717) is 11.3 Å². The fourth-order valence-corrected chi connectivity index (χ4v) is 1.62. The van der Waals surface area contributed by atoms with Crippen molar-refractivity contribution in [3.05, 3.63) is 64.7 Å². The highest BCUT2D eigenvalue weighted by Gasteiger charge is 2.12. The highest BCUT2D eigenvalue weighted by atomic mass is 19.2. The van der Waals surface area contributed by atoms with Gasteiger partial charge in [-0.3, -0.25) is 4.79 Å². The Kier molecular flexibility index (Phi) is 3.10. The first-order valence-corrected chi connectivity index (χ1v) is 5.35. The highest BCUT2D eigenvalue weighted by Crippen LogP contribution is 2.17. The monoisotopic (exact) mass is 247 g/mol. The summed E-state index contributed by atoms with van der Waals surface area (Å²) in [5.74, 6) is -2.37. The Morgan fingerprint density at radius 3 is 2.22 bits per heavy atom. The molecule has 2 aromatic carbocycles. The fourth-order valence-electron chi connectivity index (χ4n) is 1.62. The average molecular weight is 247 g/mol. The molecule has 0 radical (unpaired) electrons. The second kappa shape index (κ2) is 4.56. The molecule has 0 aliphatic heterocycles. The van der Waals surface area contributed by atoms with E-state index in [2.05, 4.69) is 0 Å². The van der Waals surface area contributed by atoms with Gasteiger partial charge in [0.1, 0.15) is 0 Å². The van der Waals surface area contributed by atoms with Crippen LogP contribution in [-0.2, 0) is 0 Å². The van der Waals surface area contributed by atoms with Crippen LogP contribution in [0.2, 0.25) is 0 Å². The van der Waals surface area contributed by atoms with Gasteiger partial charge >= 0.3 is 0 Å². The largest absolute Gasteiger partial charge is 0.399 e. The molecule has 0 spiro atoms. The first-order chi connectivity index (χ1) is 8.49. The Labute approximate surface area is 103 Å². The third-order valence-corrected chi connectivity index (χ3v) is 2.71. The van der Waals surface area contributed by atoms with Crippen LogP contribution in [0.15, 0.2) is 36.4 Å². The van der Waals surface area contributed by atoms with Crippen molar-refractivity contribution in [2.75, 3.05) is 5.73 Å². The molecule has 0 heterocycles. The third-order valence-electron chi connectivity index (χ3n) is 2.71. The van der Waals surface area contributed by atoms with Crippen molar-refractivity contribution in [3.63, 3.8) is 0 Å². The van der Waals surface area contributed by atoms with Gasteiger partial charge in [-0.15, -0.1) is 0 Å². The number of hydrogen-bond acceptors (Lipinski definition) is 2. The SMILES string of the molecule is Cc1cc(C(=O)c2ccc(F)c(F)c2)ccc1N. The van der Waals surface area contributed by atoms with Gasteiger partial charge in [-0.25, -0.2) is 8.78 Å². The Morgan fingerprint density at radius 1 is 1.00 bits per heavy atom. The van der Waals surface area contributed by atoms with Crippen LogP contribution in [0.4, 0.5) is 14.5 Å². The highest BCUT2D eigenvalue weighted by molar-refractivity contribution is 6.09. The average Bonchev–Trinajstić information content (AvgIpc) is 2.35. The van der Waals surface area contributed by atoms with Crippen molar-refractivity contribution in [2.24, 2.45) is 0 Å². The second-order valence-corrected chi connectivity index (χ2v) is 4.03. The molecule has 0 saturated heterocycles. The summed E-state index contributed by atoms with van der Waals surface area (Å²) < 4.78 is 25.8. The van der Waals surface area contributed by atoms with E-state index in [1.54, 1.807) is 25.1 Å². The maximum atomic E-state index is 13.1. The summed E-state index contributed by atoms with van der Waals surface area (Å²) in [6, 6.07) is 7.88. The molecule has 4 heteroatoms. The number of hydrogen-bond donors (Lipinski definition) is 1. The number of ketones is 1. The summed E-state index contributed by atoms with van der Waals surface area (Å²) >= 11 is 0. The smallest absolute Gasteiger partial charge is 0.193 e. The van der Waals surface area contributed by atoms with E-state index >= 15 is 0 Å². The number of nitrogen functional groups attached to an aromatic ring is 1. The number of halogens is 2. The van der Waals surface area contributed by atoms with Gasteiger partial charge in [-0.05, 0) is 48.9 Å². The maximum Gasteiger partial charge on any atom is 0.193 e. The van der Waals surface area contributed by atoms with Crippen LogP contribution in [0, 0.1) is 18.6 Å². The van der Waals surface area contributed by atoms with Gasteiger partial charge in [0, 0.05) is 16.8 Å². The second-order valence-electron chi connectivity index (χ2n) is 4.03. The zero-order valence-electron chi connectivity index (χ0n) is 9.71. The number of anilines is 1. The molecule has 0 fully saturated rings. The first-order valence-electron chi connectivity index (χ1n) is 5.35. The molecule has 0 aromatic heterocycles. The molecular weight excluding hydrogens is 236 g/mol. The number of aryl methyl sites for hydroxylation is 1. The minimum absolute atomic E-state index is 0.109. The van der Waals surface area contributed by atoms with Gasteiger partial charge < -0.3 is 5.73 Å². The molecule has 0 atom stereocenters. The standard InChI is InChI=1S/C14H11F2NO/c1-8-6-9(3-5-13(8)17)14(18)10-2-4-11(15)12(16)7-10/h2-7H,17H2,1H3. The number of rotatable bonds is 2. The molecule has 0 saturated carbocycles. The van der Waals surface area contributed by atoms with Gasteiger partial charge in [0.2, 0.25) is 0 Å². The van der Waals surface area contributed by atoms with Gasteiger partial charge in [0.25, 0.3) is 0 Å². The van der Waals surface area contributed by atoms with Crippen molar-refractivity contribution in [2.45, 2.75) is 6.92 Å². The molecule has 0 bridgehead atoms. The van der Waals surface area contributed by atoms with E-state index in [9.17, 15) is 13.6 Å². The molecule has 2 aromatic rings. The normalized spacial score (nSPS) is 10.4. The van der Waals surface area contributed by atoms with Crippen LogP contribution in [0.1, 0.15) is 21.5 Å². The third kappa shape index (κ3) is 2.22. The summed E-state index contributed by atoms with van der Waals surface area (Å²) in [7, 11) is 0. The van der Waals surface area contributed by atoms with E-state index in [1.165, 1.54) is 6.07 Å². The van der Waals surface area contributed by atoms with Crippen molar-refractivity contribution < 1.29 is 13.6 Å². The van der Waals surface area contributed by atoms with E-state index in [4.69, 9.17) is 5.73 Å². The molecule has 0 aliphatic rings. The molecule has 92 valence electrons. The van der Waals surface area contributed by atoms with Crippen LogP contribution >= 0.6 is 0 Å². The lowest BCUT2D eigenvalue weighted by Crippen LogP contribution is -2.03. The molecular formula is C14H11F2NO. The van der Waals surface area contributed by atoms with E-state index in [-0.39, 0.29) is 11.3 Å². The summed E-state index contributed by atoms with van der Waals surface area (Å²) in [5.41, 5.74) is 7.50. The van der Waals surface area contributed by atoms with Crippen LogP contribution in [0.3, 0.4) is 0 Å². The Hall–Kier alpha value is -2.23. The molecule has 0 amide bonds. The van der Waals surface area contributed by atoms with Crippen LogP contribution in [0.25, 0.3) is 0 Å². The molecule has 18 heavy (non-hydrogen) atoms. The zero-order valence-corrected chi connectivity index (χ0v) is 9.71. The van der Waals surface area contributed by atoms with Gasteiger partial charge in [-0.2, -0.15) is 0 Å². The Bertz CT molecular complexity index is 570. The summed E-state index contributed by atoms with van der Waals surface area (Å²) in [5, 5.41) is 0. The summed E-state index contributed by atoms with van der Waals surface area (Å²) in [4.78, 5) is 12.0. The minimum atomic E-state index is -1.03. The predicted molar refractivity (Wildman–Crippen MR) is 65.4 cm³/mol. The van der Waals surface area contributed by atoms with E-state index < -0.39 is 11.6 Å². The quantitative estimate of drug-likeness (QED) is 0.654. The van der Waals surface area contributed by atoms with Gasteiger partial charge in [-0.1, -0.05) is 0 Å². The predicted octanol–water partition coefficient (Wildman–Crippen LogP) is 3.09. The van der Waals surface area contributed by atoms with Gasteiger partial charge in [0.15, 0.2) is 17.4 Å². The van der Waals surface area contributed by atoms with Crippen LogP contribution < -0.4 is 5.73 Å².